The van der Waals surface area contributed by atoms with Gasteiger partial charge in [0, 0.05) is 12.0 Å². The van der Waals surface area contributed by atoms with E-state index >= 15 is 0 Å². The fourth-order valence-corrected chi connectivity index (χ4v) is 3.29. The first-order valence-electron chi connectivity index (χ1n) is 8.23. The van der Waals surface area contributed by atoms with Gasteiger partial charge in [-0.2, -0.15) is 5.10 Å². The normalized spacial score (nSPS) is 13.6. The molecule has 25 heavy (non-hydrogen) atoms. The number of aromatic nitrogens is 2. The van der Waals surface area contributed by atoms with Crippen LogP contribution in [0.5, 0.6) is 5.75 Å². The van der Waals surface area contributed by atoms with E-state index < -0.39 is 0 Å². The van der Waals surface area contributed by atoms with Gasteiger partial charge in [-0.1, -0.05) is 12.1 Å². The number of fused-ring (bicyclic) bond motifs is 1. The van der Waals surface area contributed by atoms with Crippen molar-refractivity contribution in [3.05, 3.63) is 65.6 Å². The molecule has 0 amide bonds. The van der Waals surface area contributed by atoms with Crippen molar-refractivity contribution in [3.63, 3.8) is 0 Å². The molecular formula is C20H17FN2O2. The van der Waals surface area contributed by atoms with Crippen LogP contribution in [-0.4, -0.2) is 22.7 Å². The summed E-state index contributed by atoms with van der Waals surface area (Å²) in [6.45, 7) is 0. The molecule has 0 aliphatic heterocycles. The molecule has 0 spiro atoms. The molecule has 2 aromatic carbocycles. The van der Waals surface area contributed by atoms with E-state index in [1.165, 1.54) is 12.1 Å². The highest BCUT2D eigenvalue weighted by Gasteiger charge is 2.28. The van der Waals surface area contributed by atoms with Crippen LogP contribution in [-0.2, 0) is 6.42 Å². The monoisotopic (exact) mass is 336 g/mol. The van der Waals surface area contributed by atoms with Gasteiger partial charge in [0.05, 0.1) is 24.1 Å². The molecule has 1 heterocycles. The van der Waals surface area contributed by atoms with Gasteiger partial charge in [-0.3, -0.25) is 4.79 Å². The third kappa shape index (κ3) is 2.71. The Balaban J connectivity index is 1.92. The smallest absolute Gasteiger partial charge is 0.166 e. The minimum absolute atomic E-state index is 0.104. The summed E-state index contributed by atoms with van der Waals surface area (Å²) in [6, 6.07) is 13.7. The molecule has 0 unspecified atom stereocenters. The van der Waals surface area contributed by atoms with Crippen LogP contribution in [0.25, 0.3) is 16.9 Å². The molecule has 0 radical (unpaired) electrons. The quantitative estimate of drug-likeness (QED) is 0.720. The number of carbonyl (C=O) groups is 1. The van der Waals surface area contributed by atoms with Crippen LogP contribution in [0.1, 0.15) is 28.9 Å². The number of hydrogen-bond donors (Lipinski definition) is 0. The molecule has 4 nitrogen and oxygen atoms in total. The number of methoxy groups -OCH3 is 1. The Morgan fingerprint density at radius 3 is 2.68 bits per heavy atom. The number of ketones is 1. The van der Waals surface area contributed by atoms with E-state index in [9.17, 15) is 9.18 Å². The number of halogens is 1. The molecule has 0 bridgehead atoms. The van der Waals surface area contributed by atoms with Gasteiger partial charge < -0.3 is 4.74 Å². The van der Waals surface area contributed by atoms with E-state index in [1.807, 2.05) is 24.3 Å². The summed E-state index contributed by atoms with van der Waals surface area (Å²) in [7, 11) is 1.61. The van der Waals surface area contributed by atoms with E-state index in [0.717, 1.165) is 29.8 Å². The average Bonchev–Trinajstić information content (AvgIpc) is 3.03. The second-order valence-corrected chi connectivity index (χ2v) is 6.07. The third-order valence-corrected chi connectivity index (χ3v) is 4.49. The Morgan fingerprint density at radius 2 is 1.92 bits per heavy atom. The van der Waals surface area contributed by atoms with Crippen molar-refractivity contribution in [2.75, 3.05) is 7.11 Å². The molecule has 0 fully saturated rings. The van der Waals surface area contributed by atoms with Crippen LogP contribution in [0.4, 0.5) is 4.39 Å². The van der Waals surface area contributed by atoms with Gasteiger partial charge in [-0.05, 0) is 49.2 Å². The molecule has 0 atom stereocenters. The van der Waals surface area contributed by atoms with Gasteiger partial charge in [0.25, 0.3) is 0 Å². The number of nitrogens with zero attached hydrogens (tertiary/aromatic N) is 2. The van der Waals surface area contributed by atoms with Crippen molar-refractivity contribution < 1.29 is 13.9 Å². The van der Waals surface area contributed by atoms with Gasteiger partial charge >= 0.3 is 0 Å². The maximum Gasteiger partial charge on any atom is 0.166 e. The maximum absolute atomic E-state index is 13.3. The summed E-state index contributed by atoms with van der Waals surface area (Å²) in [6.07, 6.45) is 2.10. The second-order valence-electron chi connectivity index (χ2n) is 6.07. The fraction of sp³-hybridized carbons (Fsp3) is 0.200. The number of carbonyl (C=O) groups excluding carboxylic acids is 1. The Labute approximate surface area is 144 Å². The van der Waals surface area contributed by atoms with Gasteiger partial charge in [0.15, 0.2) is 5.78 Å². The minimum Gasteiger partial charge on any atom is -0.497 e. The van der Waals surface area contributed by atoms with Crippen molar-refractivity contribution >= 4 is 5.78 Å². The van der Waals surface area contributed by atoms with Gasteiger partial charge in [-0.25, -0.2) is 9.07 Å². The molecule has 1 aromatic heterocycles. The first kappa shape index (κ1) is 15.6. The highest BCUT2D eigenvalue weighted by Crippen LogP contribution is 2.34. The SMILES string of the molecule is COc1cccc(-c2nn(-c3ccc(F)cc3)c3c2C(=O)CCC3)c1. The lowest BCUT2D eigenvalue weighted by molar-refractivity contribution is 0.0972. The molecular weight excluding hydrogens is 319 g/mol. The zero-order valence-corrected chi connectivity index (χ0v) is 13.8. The molecule has 4 rings (SSSR count). The lowest BCUT2D eigenvalue weighted by Gasteiger charge is -2.13. The number of ether oxygens (including phenoxy) is 1. The van der Waals surface area contributed by atoms with Crippen molar-refractivity contribution in [1.82, 2.24) is 9.78 Å². The Hall–Kier alpha value is -2.95. The van der Waals surface area contributed by atoms with E-state index in [2.05, 4.69) is 0 Å². The van der Waals surface area contributed by atoms with Crippen LogP contribution in [0.2, 0.25) is 0 Å². The summed E-state index contributed by atoms with van der Waals surface area (Å²) in [4.78, 5) is 12.6. The highest BCUT2D eigenvalue weighted by atomic mass is 19.1. The molecule has 5 heteroatoms. The summed E-state index contributed by atoms with van der Waals surface area (Å²) >= 11 is 0. The Kier molecular flexibility index (Phi) is 3.84. The zero-order valence-electron chi connectivity index (χ0n) is 13.8. The minimum atomic E-state index is -0.297. The van der Waals surface area contributed by atoms with E-state index in [-0.39, 0.29) is 11.6 Å². The highest BCUT2D eigenvalue weighted by molar-refractivity contribution is 6.03. The Bertz CT molecular complexity index is 945. The Morgan fingerprint density at radius 1 is 1.12 bits per heavy atom. The predicted octanol–water partition coefficient (Wildman–Crippen LogP) is 4.21. The van der Waals surface area contributed by atoms with Crippen LogP contribution >= 0.6 is 0 Å². The van der Waals surface area contributed by atoms with Crippen LogP contribution < -0.4 is 4.74 Å². The standard InChI is InChI=1S/C20H17FN2O2/c1-25-16-5-2-4-13(12-16)20-19-17(6-3-7-18(19)24)23(22-20)15-10-8-14(21)9-11-15/h2,4-5,8-12H,3,6-7H2,1H3. The third-order valence-electron chi connectivity index (χ3n) is 4.49. The fourth-order valence-electron chi connectivity index (χ4n) is 3.29. The predicted molar refractivity (Wildman–Crippen MR) is 92.8 cm³/mol. The van der Waals surface area contributed by atoms with Crippen LogP contribution in [0, 0.1) is 5.82 Å². The van der Waals surface area contributed by atoms with Gasteiger partial charge in [0.2, 0.25) is 0 Å². The number of rotatable bonds is 3. The summed E-state index contributed by atoms with van der Waals surface area (Å²) in [5, 5.41) is 4.71. The first-order valence-corrected chi connectivity index (χ1v) is 8.23. The van der Waals surface area contributed by atoms with Crippen LogP contribution in [0.3, 0.4) is 0 Å². The number of Topliss-reactive ketones (excluding diaryl/α,β-unsaturated/α-hetero) is 1. The molecule has 0 saturated carbocycles. The molecule has 1 aliphatic carbocycles. The van der Waals surface area contributed by atoms with E-state index in [1.54, 1.807) is 23.9 Å². The lowest BCUT2D eigenvalue weighted by Crippen LogP contribution is -2.13. The van der Waals surface area contributed by atoms with Gasteiger partial charge in [0.1, 0.15) is 17.3 Å². The summed E-state index contributed by atoms with van der Waals surface area (Å²) in [5.41, 5.74) is 3.81. The van der Waals surface area contributed by atoms with Crippen molar-refractivity contribution in [2.24, 2.45) is 0 Å². The molecule has 126 valence electrons. The summed E-state index contributed by atoms with van der Waals surface area (Å²) in [5.74, 6) is 0.521. The number of hydrogen-bond acceptors (Lipinski definition) is 3. The lowest BCUT2D eigenvalue weighted by atomic mass is 9.92. The van der Waals surface area contributed by atoms with Crippen molar-refractivity contribution in [1.29, 1.82) is 0 Å². The van der Waals surface area contributed by atoms with Crippen molar-refractivity contribution in [3.8, 4) is 22.7 Å². The first-order chi connectivity index (χ1) is 12.2. The van der Waals surface area contributed by atoms with Crippen LogP contribution in [0.15, 0.2) is 48.5 Å². The zero-order chi connectivity index (χ0) is 17.4. The largest absolute Gasteiger partial charge is 0.497 e. The summed E-state index contributed by atoms with van der Waals surface area (Å²) < 4.78 is 20.3. The van der Waals surface area contributed by atoms with Gasteiger partial charge in [-0.15, -0.1) is 0 Å². The van der Waals surface area contributed by atoms with E-state index in [4.69, 9.17) is 9.84 Å². The second kappa shape index (κ2) is 6.16. The number of benzene rings is 2. The van der Waals surface area contributed by atoms with E-state index in [0.29, 0.717) is 23.4 Å². The average molecular weight is 336 g/mol. The molecule has 0 saturated heterocycles. The molecule has 1 aliphatic rings. The topological polar surface area (TPSA) is 44.1 Å². The molecule has 0 N–H and O–H groups in total. The van der Waals surface area contributed by atoms with Crippen molar-refractivity contribution in [2.45, 2.75) is 19.3 Å². The molecule has 3 aromatic rings. The maximum atomic E-state index is 13.3.